The smallest absolute Gasteiger partial charge is 0.146 e. The van der Waals surface area contributed by atoms with E-state index >= 15 is 0 Å². The van der Waals surface area contributed by atoms with Gasteiger partial charge in [-0.3, -0.25) is 0 Å². The number of nitrogens with two attached hydrogens (primary N) is 1. The van der Waals surface area contributed by atoms with Crippen LogP contribution in [0.2, 0.25) is 0 Å². The molecular formula is C12H15N5. The molecule has 17 heavy (non-hydrogen) atoms. The van der Waals surface area contributed by atoms with Crippen molar-refractivity contribution < 1.29 is 0 Å². The Hall–Kier alpha value is -2.06. The van der Waals surface area contributed by atoms with E-state index in [1.54, 1.807) is 0 Å². The number of nitrogens with zero attached hydrogens (tertiary/aromatic N) is 4. The third-order valence-electron chi connectivity index (χ3n) is 2.63. The molecule has 0 saturated heterocycles. The number of hydrogen-bond acceptors (Lipinski definition) is 4. The largest absolute Gasteiger partial charge is 0.383 e. The van der Waals surface area contributed by atoms with Crippen molar-refractivity contribution in [2.75, 3.05) is 26.4 Å². The maximum Gasteiger partial charge on any atom is 0.146 e. The second-order valence-electron chi connectivity index (χ2n) is 4.14. The average Bonchev–Trinajstić information content (AvgIpc) is 2.66. The predicted octanol–water partition coefficient (Wildman–Crippen LogP) is 0.556. The lowest BCUT2D eigenvalue weighted by molar-refractivity contribution is 0.386. The van der Waals surface area contributed by atoms with Gasteiger partial charge in [0.05, 0.1) is 10.9 Å². The van der Waals surface area contributed by atoms with Gasteiger partial charge in [0.2, 0.25) is 0 Å². The van der Waals surface area contributed by atoms with E-state index in [-0.39, 0.29) is 0 Å². The molecule has 0 aliphatic carbocycles. The second-order valence-corrected chi connectivity index (χ2v) is 4.14. The fourth-order valence-electron chi connectivity index (χ4n) is 1.73. The lowest BCUT2D eigenvalue weighted by atomic mass is 10.2. The van der Waals surface area contributed by atoms with Crippen LogP contribution < -0.4 is 5.73 Å². The van der Waals surface area contributed by atoms with Gasteiger partial charge in [0.15, 0.2) is 0 Å². The van der Waals surface area contributed by atoms with Crippen LogP contribution in [-0.4, -0.2) is 40.1 Å². The van der Waals surface area contributed by atoms with Gasteiger partial charge in [-0.25, -0.2) is 9.97 Å². The summed E-state index contributed by atoms with van der Waals surface area (Å²) in [5, 5.41) is 0.772. The molecule has 5 heteroatoms. The molecule has 0 fully saturated rings. The van der Waals surface area contributed by atoms with Gasteiger partial charge in [0.1, 0.15) is 17.8 Å². The van der Waals surface area contributed by atoms with Gasteiger partial charge in [-0.1, -0.05) is 5.92 Å². The third kappa shape index (κ3) is 2.08. The second kappa shape index (κ2) is 4.44. The standard InChI is InChI=1S/C12H15N5/c1-4-9-7-17(6-5-16(2)3)12-10(9)11(13)14-8-15-12/h1,7-8H,5-6H2,2-3H3,(H2,13,14,15). The van der Waals surface area contributed by atoms with Gasteiger partial charge >= 0.3 is 0 Å². The molecule has 0 amide bonds. The molecule has 0 atom stereocenters. The van der Waals surface area contributed by atoms with E-state index in [9.17, 15) is 0 Å². The van der Waals surface area contributed by atoms with Gasteiger partial charge in [-0.15, -0.1) is 6.42 Å². The fraction of sp³-hybridized carbons (Fsp3) is 0.333. The van der Waals surface area contributed by atoms with Crippen molar-refractivity contribution in [3.05, 3.63) is 18.1 Å². The highest BCUT2D eigenvalue weighted by atomic mass is 15.1. The molecule has 0 aliphatic rings. The molecule has 0 bridgehead atoms. The number of hydrogen-bond donors (Lipinski definition) is 1. The molecule has 88 valence electrons. The van der Waals surface area contributed by atoms with Gasteiger partial charge in [0, 0.05) is 19.3 Å². The summed E-state index contributed by atoms with van der Waals surface area (Å²) in [6, 6.07) is 0. The van der Waals surface area contributed by atoms with Crippen molar-refractivity contribution in [3.8, 4) is 12.3 Å². The van der Waals surface area contributed by atoms with Crippen LogP contribution in [0.25, 0.3) is 11.0 Å². The minimum absolute atomic E-state index is 0.437. The average molecular weight is 229 g/mol. The lowest BCUT2D eigenvalue weighted by Gasteiger charge is -2.10. The highest BCUT2D eigenvalue weighted by Gasteiger charge is 2.11. The van der Waals surface area contributed by atoms with Crippen molar-refractivity contribution in [2.24, 2.45) is 0 Å². The van der Waals surface area contributed by atoms with E-state index in [0.717, 1.165) is 29.7 Å². The molecule has 0 aliphatic heterocycles. The molecule has 0 unspecified atom stereocenters. The number of fused-ring (bicyclic) bond motifs is 1. The van der Waals surface area contributed by atoms with E-state index in [0.29, 0.717) is 5.82 Å². The van der Waals surface area contributed by atoms with E-state index in [1.807, 2.05) is 24.9 Å². The van der Waals surface area contributed by atoms with Gasteiger partial charge < -0.3 is 15.2 Å². The number of rotatable bonds is 3. The molecule has 2 aromatic heterocycles. The number of anilines is 1. The first-order valence-electron chi connectivity index (χ1n) is 5.34. The summed E-state index contributed by atoms with van der Waals surface area (Å²) < 4.78 is 2.02. The van der Waals surface area contributed by atoms with Crippen molar-refractivity contribution in [1.82, 2.24) is 19.4 Å². The Morgan fingerprint density at radius 2 is 2.24 bits per heavy atom. The molecular weight excluding hydrogens is 214 g/mol. The van der Waals surface area contributed by atoms with E-state index in [2.05, 4.69) is 20.8 Å². The Morgan fingerprint density at radius 1 is 1.47 bits per heavy atom. The van der Waals surface area contributed by atoms with Crippen molar-refractivity contribution >= 4 is 16.9 Å². The number of likely N-dealkylation sites (N-methyl/N-ethyl adjacent to an activating group) is 1. The summed E-state index contributed by atoms with van der Waals surface area (Å²) >= 11 is 0. The van der Waals surface area contributed by atoms with Crippen LogP contribution in [-0.2, 0) is 6.54 Å². The third-order valence-corrected chi connectivity index (χ3v) is 2.63. The summed E-state index contributed by atoms with van der Waals surface area (Å²) in [7, 11) is 4.05. The van der Waals surface area contributed by atoms with Gasteiger partial charge in [-0.2, -0.15) is 0 Å². The Morgan fingerprint density at radius 3 is 2.88 bits per heavy atom. The van der Waals surface area contributed by atoms with Crippen LogP contribution in [0.15, 0.2) is 12.5 Å². The van der Waals surface area contributed by atoms with Crippen LogP contribution in [0, 0.1) is 12.3 Å². The SMILES string of the molecule is C#Cc1cn(CCN(C)C)c2ncnc(N)c12. The summed E-state index contributed by atoms with van der Waals surface area (Å²) in [6.07, 6.45) is 8.83. The lowest BCUT2D eigenvalue weighted by Crippen LogP contribution is -2.18. The van der Waals surface area contributed by atoms with Crippen LogP contribution in [0.3, 0.4) is 0 Å². The van der Waals surface area contributed by atoms with Crippen molar-refractivity contribution in [3.63, 3.8) is 0 Å². The highest BCUT2D eigenvalue weighted by molar-refractivity contribution is 5.92. The van der Waals surface area contributed by atoms with Crippen LogP contribution in [0.4, 0.5) is 5.82 Å². The summed E-state index contributed by atoms with van der Waals surface area (Å²) in [4.78, 5) is 10.3. The maximum atomic E-state index is 5.83. The molecule has 2 heterocycles. The predicted molar refractivity (Wildman–Crippen MR) is 68.4 cm³/mol. The molecule has 2 aromatic rings. The van der Waals surface area contributed by atoms with Crippen LogP contribution in [0.1, 0.15) is 5.56 Å². The van der Waals surface area contributed by atoms with E-state index in [1.165, 1.54) is 6.33 Å². The van der Waals surface area contributed by atoms with Crippen molar-refractivity contribution in [2.45, 2.75) is 6.54 Å². The maximum absolute atomic E-state index is 5.83. The summed E-state index contributed by atoms with van der Waals surface area (Å²) in [5.41, 5.74) is 7.38. The molecule has 0 aromatic carbocycles. The molecule has 0 spiro atoms. The Balaban J connectivity index is 2.51. The monoisotopic (exact) mass is 229 g/mol. The summed E-state index contributed by atoms with van der Waals surface area (Å²) in [5.74, 6) is 3.06. The Kier molecular flexibility index (Phi) is 2.98. The Labute approximate surface area is 100 Å². The van der Waals surface area contributed by atoms with Gasteiger partial charge in [0.25, 0.3) is 0 Å². The van der Waals surface area contributed by atoms with Crippen LogP contribution in [0.5, 0.6) is 0 Å². The normalized spacial score (nSPS) is 10.9. The van der Waals surface area contributed by atoms with Gasteiger partial charge in [-0.05, 0) is 14.1 Å². The zero-order valence-corrected chi connectivity index (χ0v) is 10.0. The topological polar surface area (TPSA) is 60.0 Å². The zero-order valence-electron chi connectivity index (χ0n) is 10.0. The van der Waals surface area contributed by atoms with Crippen molar-refractivity contribution in [1.29, 1.82) is 0 Å². The zero-order chi connectivity index (χ0) is 12.4. The quantitative estimate of drug-likeness (QED) is 0.781. The fourth-order valence-corrected chi connectivity index (χ4v) is 1.73. The minimum Gasteiger partial charge on any atom is -0.383 e. The molecule has 0 saturated carbocycles. The van der Waals surface area contributed by atoms with E-state index < -0.39 is 0 Å². The summed E-state index contributed by atoms with van der Waals surface area (Å²) in [6.45, 7) is 1.74. The van der Waals surface area contributed by atoms with E-state index in [4.69, 9.17) is 12.2 Å². The number of nitrogen functional groups attached to an aromatic ring is 1. The molecule has 2 N–H and O–H groups in total. The number of terminal acetylenes is 1. The number of aromatic nitrogens is 3. The first-order chi connectivity index (χ1) is 8.13. The first kappa shape index (κ1) is 11.4. The first-order valence-corrected chi connectivity index (χ1v) is 5.34. The highest BCUT2D eigenvalue weighted by Crippen LogP contribution is 2.22. The molecule has 5 nitrogen and oxygen atoms in total. The minimum atomic E-state index is 0.437. The molecule has 0 radical (unpaired) electrons. The Bertz CT molecular complexity index is 576. The molecule has 2 rings (SSSR count). The van der Waals surface area contributed by atoms with Crippen LogP contribution >= 0.6 is 0 Å².